The number of halogens is 2. The summed E-state index contributed by atoms with van der Waals surface area (Å²) in [5.74, 6) is -0.278. The molecule has 14 heteroatoms. The van der Waals surface area contributed by atoms with Crippen LogP contribution in [0.25, 0.3) is 10.6 Å². The molecule has 44 heavy (non-hydrogen) atoms. The number of aliphatic carboxylic acids is 1. The number of hydrogen-bond donors (Lipinski definition) is 2. The van der Waals surface area contributed by atoms with Crippen LogP contribution in [-0.2, 0) is 9.53 Å². The van der Waals surface area contributed by atoms with Crippen LogP contribution in [0.15, 0.2) is 23.7 Å². The SMILES string of the molecule is O=C(Nc1nc(-c2cc(Cl)cs2)c(N2CC3CCN(C4CCOCC4)C3C2)s1)c1cnc(N2CCC(C(=O)O)CC2)c(Cl)c1. The predicted molar refractivity (Wildman–Crippen MR) is 175 cm³/mol. The molecular formula is C30H34Cl2N6O4S2. The predicted octanol–water partition coefficient (Wildman–Crippen LogP) is 5.82. The number of carbonyl (C=O) groups excluding carboxylic acids is 1. The van der Waals surface area contributed by atoms with Gasteiger partial charge in [0.2, 0.25) is 0 Å². The Kier molecular flexibility index (Phi) is 8.73. The molecule has 0 bridgehead atoms. The first kappa shape index (κ1) is 30.2. The van der Waals surface area contributed by atoms with Crippen LogP contribution in [0.4, 0.5) is 16.0 Å². The van der Waals surface area contributed by atoms with Gasteiger partial charge in [0.15, 0.2) is 5.13 Å². The van der Waals surface area contributed by atoms with Crippen molar-refractivity contribution >= 4 is 73.7 Å². The van der Waals surface area contributed by atoms with E-state index in [1.54, 1.807) is 17.4 Å². The van der Waals surface area contributed by atoms with Crippen LogP contribution in [0.3, 0.4) is 0 Å². The van der Waals surface area contributed by atoms with Crippen molar-refractivity contribution < 1.29 is 19.4 Å². The summed E-state index contributed by atoms with van der Waals surface area (Å²) < 4.78 is 5.63. The minimum atomic E-state index is -0.768. The van der Waals surface area contributed by atoms with Gasteiger partial charge in [0.25, 0.3) is 5.91 Å². The third kappa shape index (κ3) is 6.04. The molecule has 1 amide bonds. The molecule has 4 fully saturated rings. The smallest absolute Gasteiger partial charge is 0.306 e. The summed E-state index contributed by atoms with van der Waals surface area (Å²) >= 11 is 15.9. The normalized spacial score (nSPS) is 23.3. The molecule has 3 aromatic rings. The average molecular weight is 678 g/mol. The number of anilines is 3. The van der Waals surface area contributed by atoms with Crippen LogP contribution in [0.2, 0.25) is 10.0 Å². The van der Waals surface area contributed by atoms with Crippen molar-refractivity contribution in [3.05, 3.63) is 39.3 Å². The summed E-state index contributed by atoms with van der Waals surface area (Å²) in [6.07, 6.45) is 5.98. The van der Waals surface area contributed by atoms with E-state index in [2.05, 4.69) is 20.1 Å². The van der Waals surface area contributed by atoms with Crippen LogP contribution in [-0.4, -0.2) is 89.9 Å². The van der Waals surface area contributed by atoms with E-state index in [9.17, 15) is 14.7 Å². The van der Waals surface area contributed by atoms with E-state index in [0.29, 0.717) is 70.5 Å². The van der Waals surface area contributed by atoms with E-state index < -0.39 is 5.97 Å². The maximum absolute atomic E-state index is 13.4. The van der Waals surface area contributed by atoms with Crippen molar-refractivity contribution in [1.82, 2.24) is 14.9 Å². The molecule has 2 N–H and O–H groups in total. The Hall–Kier alpha value is -2.48. The second-order valence-corrected chi connectivity index (χ2v) is 14.7. The number of carboxylic acids is 1. The highest BCUT2D eigenvalue weighted by atomic mass is 35.5. The van der Waals surface area contributed by atoms with Gasteiger partial charge in [0, 0.05) is 63.1 Å². The molecule has 0 spiro atoms. The van der Waals surface area contributed by atoms with Crippen molar-refractivity contribution in [2.24, 2.45) is 11.8 Å². The lowest BCUT2D eigenvalue weighted by atomic mass is 9.97. The largest absolute Gasteiger partial charge is 0.481 e. The molecule has 4 saturated heterocycles. The van der Waals surface area contributed by atoms with Gasteiger partial charge in [-0.05, 0) is 56.7 Å². The lowest BCUT2D eigenvalue weighted by molar-refractivity contribution is -0.142. The first-order valence-electron chi connectivity index (χ1n) is 15.1. The number of fused-ring (bicyclic) bond motifs is 1. The Balaban J connectivity index is 1.08. The van der Waals surface area contributed by atoms with Gasteiger partial charge in [-0.3, -0.25) is 19.8 Å². The molecular weight excluding hydrogens is 643 g/mol. The van der Waals surface area contributed by atoms with Gasteiger partial charge in [0.05, 0.1) is 26.4 Å². The Bertz CT molecular complexity index is 1540. The molecule has 3 aromatic heterocycles. The van der Waals surface area contributed by atoms with E-state index in [4.69, 9.17) is 32.9 Å². The summed E-state index contributed by atoms with van der Waals surface area (Å²) in [6, 6.07) is 4.65. The van der Waals surface area contributed by atoms with E-state index in [-0.39, 0.29) is 11.8 Å². The Morgan fingerprint density at radius 3 is 2.52 bits per heavy atom. The lowest BCUT2D eigenvalue weighted by Crippen LogP contribution is -2.45. The van der Waals surface area contributed by atoms with Gasteiger partial charge < -0.3 is 19.6 Å². The van der Waals surface area contributed by atoms with Gasteiger partial charge in [-0.2, -0.15) is 0 Å². The van der Waals surface area contributed by atoms with Gasteiger partial charge in [-0.15, -0.1) is 11.3 Å². The van der Waals surface area contributed by atoms with E-state index >= 15 is 0 Å². The molecule has 2 atom stereocenters. The molecule has 2 unspecified atom stereocenters. The molecule has 234 valence electrons. The second-order valence-electron chi connectivity index (χ2n) is 12.0. The average Bonchev–Trinajstić information content (AvgIpc) is 3.81. The molecule has 0 aliphatic carbocycles. The highest BCUT2D eigenvalue weighted by Crippen LogP contribution is 2.46. The minimum absolute atomic E-state index is 0.333. The van der Waals surface area contributed by atoms with Crippen molar-refractivity contribution in [3.63, 3.8) is 0 Å². The highest BCUT2D eigenvalue weighted by Gasteiger charge is 2.45. The van der Waals surface area contributed by atoms with Gasteiger partial charge in [-0.25, -0.2) is 9.97 Å². The Labute approximate surface area is 273 Å². The molecule has 7 rings (SSSR count). The summed E-state index contributed by atoms with van der Waals surface area (Å²) in [6.45, 7) is 5.86. The molecule has 7 heterocycles. The fourth-order valence-corrected chi connectivity index (χ4v) is 9.51. The second kappa shape index (κ2) is 12.7. The summed E-state index contributed by atoms with van der Waals surface area (Å²) in [7, 11) is 0. The standard InChI is InChI=1S/C30H34Cl2N6O4S2/c31-20-12-24(43-16-20)25-28(37-14-18-3-8-38(23(18)15-37)21-4-9-42-10-5-21)44-30(34-25)35-27(39)19-11-22(32)26(33-13-19)36-6-1-17(2-7-36)29(40)41/h11-13,16-18,21,23H,1-10,14-15H2,(H,40,41)(H,34,35,39). The molecule has 0 radical (unpaired) electrons. The summed E-state index contributed by atoms with van der Waals surface area (Å²) in [4.78, 5) is 42.2. The maximum atomic E-state index is 13.4. The maximum Gasteiger partial charge on any atom is 0.306 e. The van der Waals surface area contributed by atoms with E-state index in [1.165, 1.54) is 24.0 Å². The first-order chi connectivity index (χ1) is 21.3. The van der Waals surface area contributed by atoms with Crippen molar-refractivity contribution in [1.29, 1.82) is 0 Å². The third-order valence-electron chi connectivity index (χ3n) is 9.40. The zero-order chi connectivity index (χ0) is 30.4. The molecule has 4 aliphatic heterocycles. The van der Waals surface area contributed by atoms with Crippen LogP contribution in [0.5, 0.6) is 0 Å². The molecule has 0 saturated carbocycles. The first-order valence-corrected chi connectivity index (χ1v) is 17.6. The van der Waals surface area contributed by atoms with Gasteiger partial charge >= 0.3 is 5.97 Å². The minimum Gasteiger partial charge on any atom is -0.481 e. The number of rotatable bonds is 7. The van der Waals surface area contributed by atoms with Gasteiger partial charge in [0.1, 0.15) is 16.5 Å². The van der Waals surface area contributed by atoms with Crippen LogP contribution < -0.4 is 15.1 Å². The zero-order valence-corrected chi connectivity index (χ0v) is 27.2. The lowest BCUT2D eigenvalue weighted by Gasteiger charge is -2.35. The number of hydrogen-bond acceptors (Lipinski definition) is 10. The number of thiazole rings is 1. The molecule has 10 nitrogen and oxygen atoms in total. The fourth-order valence-electron chi connectivity index (χ4n) is 7.10. The fraction of sp³-hybridized carbons (Fsp3) is 0.533. The summed E-state index contributed by atoms with van der Waals surface area (Å²) in [5.41, 5.74) is 1.18. The highest BCUT2D eigenvalue weighted by molar-refractivity contribution is 7.21. The quantitative estimate of drug-likeness (QED) is 0.320. The number of carboxylic acid groups (broad SMARTS) is 1. The number of pyridine rings is 1. The molecule has 0 aromatic carbocycles. The number of carbonyl (C=O) groups is 2. The Morgan fingerprint density at radius 2 is 1.82 bits per heavy atom. The number of nitrogens with one attached hydrogen (secondary N) is 1. The van der Waals surface area contributed by atoms with Crippen molar-refractivity contribution in [2.75, 3.05) is 61.1 Å². The monoisotopic (exact) mass is 676 g/mol. The zero-order valence-electron chi connectivity index (χ0n) is 24.1. The Morgan fingerprint density at radius 1 is 1.02 bits per heavy atom. The number of aromatic nitrogens is 2. The topological polar surface area (TPSA) is 111 Å². The van der Waals surface area contributed by atoms with Crippen LogP contribution >= 0.6 is 45.9 Å². The number of likely N-dealkylation sites (tertiary alicyclic amines) is 1. The number of amides is 1. The number of thiophene rings is 1. The number of piperidine rings is 1. The van der Waals surface area contributed by atoms with Crippen LogP contribution in [0.1, 0.15) is 42.5 Å². The van der Waals surface area contributed by atoms with E-state index in [1.807, 2.05) is 16.3 Å². The number of ether oxygens (including phenoxy) is 1. The van der Waals surface area contributed by atoms with Crippen molar-refractivity contribution in [2.45, 2.75) is 44.2 Å². The van der Waals surface area contributed by atoms with Crippen molar-refractivity contribution in [3.8, 4) is 10.6 Å². The molecule has 4 aliphatic rings. The van der Waals surface area contributed by atoms with E-state index in [0.717, 1.165) is 61.3 Å². The third-order valence-corrected chi connectivity index (χ3v) is 12.0. The van der Waals surface area contributed by atoms with Crippen LogP contribution in [0, 0.1) is 11.8 Å². The summed E-state index contributed by atoms with van der Waals surface area (Å²) in [5, 5.41) is 16.8. The number of nitrogens with zero attached hydrogens (tertiary/aromatic N) is 5. The van der Waals surface area contributed by atoms with Gasteiger partial charge in [-0.1, -0.05) is 34.5 Å².